The highest BCUT2D eigenvalue weighted by Crippen LogP contribution is 2.56. The van der Waals surface area contributed by atoms with Crippen molar-refractivity contribution < 1.29 is 0 Å². The van der Waals surface area contributed by atoms with Gasteiger partial charge in [-0.05, 0) is 56.0 Å². The molecule has 94 valence electrons. The molecule has 0 spiro atoms. The average molecular weight is 233 g/mol. The summed E-state index contributed by atoms with van der Waals surface area (Å²) in [5.74, 6) is 1.93. The first-order chi connectivity index (χ1) is 8.22. The highest BCUT2D eigenvalue weighted by molar-refractivity contribution is 5.10. The second kappa shape index (κ2) is 4.13. The van der Waals surface area contributed by atoms with E-state index in [9.17, 15) is 0 Å². The summed E-state index contributed by atoms with van der Waals surface area (Å²) in [6, 6.07) is 2.18. The lowest BCUT2D eigenvalue weighted by Crippen LogP contribution is -2.39. The zero-order chi connectivity index (χ0) is 11.9. The molecule has 3 rings (SSSR count). The predicted octanol–water partition coefficient (Wildman–Crippen LogP) is 1.99. The second-order valence-corrected chi connectivity index (χ2v) is 6.13. The Bertz CT molecular complexity index is 398. The van der Waals surface area contributed by atoms with E-state index in [1.807, 2.05) is 11.7 Å². The van der Waals surface area contributed by atoms with E-state index in [0.717, 1.165) is 24.8 Å². The van der Waals surface area contributed by atoms with Crippen LogP contribution in [-0.4, -0.2) is 23.4 Å². The van der Waals surface area contributed by atoms with Gasteiger partial charge in [-0.1, -0.05) is 6.42 Å². The second-order valence-electron chi connectivity index (χ2n) is 6.13. The van der Waals surface area contributed by atoms with Gasteiger partial charge in [0.25, 0.3) is 0 Å². The highest BCUT2D eigenvalue weighted by atomic mass is 15.2. The molecule has 2 saturated carbocycles. The molecule has 1 heterocycles. The summed E-state index contributed by atoms with van der Waals surface area (Å²) in [4.78, 5) is 0. The van der Waals surface area contributed by atoms with Gasteiger partial charge in [0.05, 0.1) is 5.69 Å². The quantitative estimate of drug-likeness (QED) is 0.862. The number of rotatable bonds is 4. The lowest BCUT2D eigenvalue weighted by Gasteiger charge is -2.37. The third kappa shape index (κ3) is 1.90. The van der Waals surface area contributed by atoms with Crippen LogP contribution >= 0.6 is 0 Å². The van der Waals surface area contributed by atoms with E-state index in [4.69, 9.17) is 0 Å². The Balaban J connectivity index is 1.81. The van der Waals surface area contributed by atoms with Gasteiger partial charge in [0.1, 0.15) is 0 Å². The van der Waals surface area contributed by atoms with Gasteiger partial charge in [0, 0.05) is 19.8 Å². The van der Waals surface area contributed by atoms with Crippen molar-refractivity contribution in [2.24, 2.45) is 24.3 Å². The molecule has 2 aliphatic rings. The number of aryl methyl sites for hydroxylation is 1. The minimum absolute atomic E-state index is 0.492. The van der Waals surface area contributed by atoms with Crippen molar-refractivity contribution in [1.29, 1.82) is 0 Å². The molecule has 3 nitrogen and oxygen atoms in total. The molecule has 0 radical (unpaired) electrons. The fraction of sp³-hybridized carbons (Fsp3) is 0.786. The monoisotopic (exact) mass is 233 g/mol. The minimum Gasteiger partial charge on any atom is -0.319 e. The van der Waals surface area contributed by atoms with Gasteiger partial charge in [-0.2, -0.15) is 5.10 Å². The van der Waals surface area contributed by atoms with Gasteiger partial charge in [-0.25, -0.2) is 0 Å². The summed E-state index contributed by atoms with van der Waals surface area (Å²) in [6.45, 7) is 1.16. The maximum absolute atomic E-state index is 4.57. The van der Waals surface area contributed by atoms with Crippen LogP contribution < -0.4 is 5.32 Å². The smallest absolute Gasteiger partial charge is 0.0630 e. The maximum Gasteiger partial charge on any atom is 0.0630 e. The molecule has 2 aliphatic carbocycles. The van der Waals surface area contributed by atoms with Crippen molar-refractivity contribution in [2.45, 2.75) is 32.1 Å². The summed E-state index contributed by atoms with van der Waals surface area (Å²) in [7, 11) is 4.10. The zero-order valence-electron chi connectivity index (χ0n) is 10.9. The van der Waals surface area contributed by atoms with Crippen LogP contribution in [0.5, 0.6) is 0 Å². The van der Waals surface area contributed by atoms with Gasteiger partial charge in [-0.3, -0.25) is 4.68 Å². The SMILES string of the molecule is CNCC1(Cc2ccn(C)n2)CC2CCC1C2. The summed E-state index contributed by atoms with van der Waals surface area (Å²) in [5.41, 5.74) is 1.77. The Morgan fingerprint density at radius 2 is 2.41 bits per heavy atom. The Labute approximate surface area is 104 Å². The molecule has 0 aliphatic heterocycles. The van der Waals surface area contributed by atoms with Crippen LogP contribution in [0.1, 0.15) is 31.4 Å². The molecule has 3 atom stereocenters. The van der Waals surface area contributed by atoms with Crippen molar-refractivity contribution in [1.82, 2.24) is 15.1 Å². The topological polar surface area (TPSA) is 29.9 Å². The molecule has 2 fully saturated rings. The van der Waals surface area contributed by atoms with Crippen LogP contribution in [-0.2, 0) is 13.5 Å². The van der Waals surface area contributed by atoms with Gasteiger partial charge in [-0.15, -0.1) is 0 Å². The van der Waals surface area contributed by atoms with Crippen molar-refractivity contribution in [3.05, 3.63) is 18.0 Å². The first-order valence-electron chi connectivity index (χ1n) is 6.85. The molecule has 0 aromatic carbocycles. The van der Waals surface area contributed by atoms with E-state index in [2.05, 4.69) is 29.7 Å². The van der Waals surface area contributed by atoms with Crippen LogP contribution in [0.15, 0.2) is 12.3 Å². The molecule has 1 aromatic rings. The van der Waals surface area contributed by atoms with E-state index in [-0.39, 0.29) is 0 Å². The summed E-state index contributed by atoms with van der Waals surface area (Å²) in [5, 5.41) is 8.00. The number of nitrogens with zero attached hydrogens (tertiary/aromatic N) is 2. The van der Waals surface area contributed by atoms with Gasteiger partial charge in [0.2, 0.25) is 0 Å². The molecule has 1 aromatic heterocycles. The summed E-state index contributed by atoms with van der Waals surface area (Å²) < 4.78 is 1.93. The number of aromatic nitrogens is 2. The maximum atomic E-state index is 4.57. The number of hydrogen-bond donors (Lipinski definition) is 1. The Morgan fingerprint density at radius 1 is 1.53 bits per heavy atom. The molecule has 0 amide bonds. The third-order valence-corrected chi connectivity index (χ3v) is 4.93. The van der Waals surface area contributed by atoms with Crippen LogP contribution in [0.3, 0.4) is 0 Å². The van der Waals surface area contributed by atoms with E-state index in [0.29, 0.717) is 5.41 Å². The zero-order valence-corrected chi connectivity index (χ0v) is 10.9. The molecule has 0 saturated heterocycles. The number of nitrogens with one attached hydrogen (secondary N) is 1. The first-order valence-corrected chi connectivity index (χ1v) is 6.85. The third-order valence-electron chi connectivity index (χ3n) is 4.93. The van der Waals surface area contributed by atoms with Crippen LogP contribution in [0, 0.1) is 17.3 Å². The van der Waals surface area contributed by atoms with Crippen molar-refractivity contribution in [2.75, 3.05) is 13.6 Å². The van der Waals surface area contributed by atoms with Crippen molar-refractivity contribution >= 4 is 0 Å². The van der Waals surface area contributed by atoms with Gasteiger partial charge >= 0.3 is 0 Å². The number of fused-ring (bicyclic) bond motifs is 2. The molecule has 2 bridgehead atoms. The number of hydrogen-bond acceptors (Lipinski definition) is 2. The molecular weight excluding hydrogens is 210 g/mol. The Hall–Kier alpha value is -0.830. The standard InChI is InChI=1S/C14H23N3/c1-15-10-14(8-11-3-4-12(14)7-11)9-13-5-6-17(2)16-13/h5-6,11-12,15H,3-4,7-10H2,1-2H3. The Kier molecular flexibility index (Phi) is 2.74. The van der Waals surface area contributed by atoms with Crippen molar-refractivity contribution in [3.63, 3.8) is 0 Å². The van der Waals surface area contributed by atoms with E-state index < -0.39 is 0 Å². The molecular formula is C14H23N3. The Morgan fingerprint density at radius 3 is 2.94 bits per heavy atom. The minimum atomic E-state index is 0.492. The molecule has 1 N–H and O–H groups in total. The fourth-order valence-corrected chi connectivity index (χ4v) is 4.32. The van der Waals surface area contributed by atoms with Gasteiger partial charge < -0.3 is 5.32 Å². The van der Waals surface area contributed by atoms with E-state index in [1.54, 1.807) is 0 Å². The molecule has 3 heteroatoms. The normalized spacial score (nSPS) is 35.6. The van der Waals surface area contributed by atoms with Crippen LogP contribution in [0.4, 0.5) is 0 Å². The molecule has 3 unspecified atom stereocenters. The fourth-order valence-electron chi connectivity index (χ4n) is 4.32. The predicted molar refractivity (Wildman–Crippen MR) is 68.7 cm³/mol. The highest BCUT2D eigenvalue weighted by Gasteiger charge is 2.50. The summed E-state index contributed by atoms with van der Waals surface area (Å²) >= 11 is 0. The van der Waals surface area contributed by atoms with Crippen LogP contribution in [0.25, 0.3) is 0 Å². The first kappa shape index (κ1) is 11.3. The lowest BCUT2D eigenvalue weighted by atomic mass is 9.70. The largest absolute Gasteiger partial charge is 0.319 e. The van der Waals surface area contributed by atoms with Crippen LogP contribution in [0.2, 0.25) is 0 Å². The lowest BCUT2D eigenvalue weighted by molar-refractivity contribution is 0.158. The van der Waals surface area contributed by atoms with E-state index in [1.165, 1.54) is 31.4 Å². The van der Waals surface area contributed by atoms with Crippen molar-refractivity contribution in [3.8, 4) is 0 Å². The van der Waals surface area contributed by atoms with Gasteiger partial charge in [0.15, 0.2) is 0 Å². The summed E-state index contributed by atoms with van der Waals surface area (Å²) in [6.07, 6.45) is 9.02. The molecule has 17 heavy (non-hydrogen) atoms. The average Bonchev–Trinajstić information content (AvgIpc) is 2.95. The van der Waals surface area contributed by atoms with E-state index >= 15 is 0 Å².